The molecule has 0 spiro atoms. The van der Waals surface area contributed by atoms with Crippen LogP contribution in [0.15, 0.2) is 0 Å². The number of hydrogen-bond acceptors (Lipinski definition) is 3. The van der Waals surface area contributed by atoms with Gasteiger partial charge in [0, 0.05) is 13.2 Å². The van der Waals surface area contributed by atoms with Crippen LogP contribution in [0.2, 0.25) is 0 Å². The Balaban J connectivity index is 2.05. The summed E-state index contributed by atoms with van der Waals surface area (Å²) < 4.78 is 11.1. The molecule has 1 N–H and O–H groups in total. The van der Waals surface area contributed by atoms with Crippen LogP contribution in [0.4, 0.5) is 0 Å². The van der Waals surface area contributed by atoms with Crippen LogP contribution in [0.5, 0.6) is 0 Å². The van der Waals surface area contributed by atoms with Crippen LogP contribution in [-0.4, -0.2) is 36.5 Å². The summed E-state index contributed by atoms with van der Waals surface area (Å²) in [6, 6.07) is 0. The summed E-state index contributed by atoms with van der Waals surface area (Å²) in [6.07, 6.45) is 4.36. The summed E-state index contributed by atoms with van der Waals surface area (Å²) in [5.41, 5.74) is -0.720. The van der Waals surface area contributed by atoms with Crippen LogP contribution in [0.1, 0.15) is 39.0 Å². The lowest BCUT2D eigenvalue weighted by Gasteiger charge is -2.33. The van der Waals surface area contributed by atoms with E-state index in [-0.39, 0.29) is 12.2 Å². The van der Waals surface area contributed by atoms with Crippen LogP contribution in [0.3, 0.4) is 0 Å². The van der Waals surface area contributed by atoms with Gasteiger partial charge in [-0.1, -0.05) is 0 Å². The molecular formula is C12H20O4. The van der Waals surface area contributed by atoms with Gasteiger partial charge < -0.3 is 14.6 Å². The van der Waals surface area contributed by atoms with Crippen molar-refractivity contribution >= 4 is 5.97 Å². The van der Waals surface area contributed by atoms with E-state index in [1.54, 1.807) is 0 Å². The lowest BCUT2D eigenvalue weighted by atomic mass is 9.76. The number of carboxylic acid groups (broad SMARTS) is 1. The normalized spacial score (nSPS) is 39.8. The minimum atomic E-state index is -0.730. The molecule has 2 saturated heterocycles. The molecule has 0 aliphatic carbocycles. The van der Waals surface area contributed by atoms with E-state index in [9.17, 15) is 9.90 Å². The smallest absolute Gasteiger partial charge is 0.312 e. The van der Waals surface area contributed by atoms with Crippen molar-refractivity contribution in [3.8, 4) is 0 Å². The molecule has 0 amide bonds. The molecule has 0 radical (unpaired) electrons. The number of carboxylic acids is 1. The molecule has 2 rings (SSSR count). The Hall–Kier alpha value is -0.610. The summed E-state index contributed by atoms with van der Waals surface area (Å²) in [5.74, 6) is -0.730. The summed E-state index contributed by atoms with van der Waals surface area (Å²) in [5, 5.41) is 9.43. The van der Waals surface area contributed by atoms with Gasteiger partial charge in [0.05, 0.1) is 17.6 Å². The van der Waals surface area contributed by atoms with Gasteiger partial charge in [-0.15, -0.1) is 0 Å². The van der Waals surface area contributed by atoms with Crippen LogP contribution < -0.4 is 0 Å². The maximum atomic E-state index is 11.5. The molecule has 0 aromatic carbocycles. The Morgan fingerprint density at radius 2 is 2.19 bits per heavy atom. The molecule has 16 heavy (non-hydrogen) atoms. The Labute approximate surface area is 95.9 Å². The van der Waals surface area contributed by atoms with Gasteiger partial charge in [0.1, 0.15) is 0 Å². The summed E-state index contributed by atoms with van der Waals surface area (Å²) >= 11 is 0. The number of rotatable bonds is 3. The molecule has 0 saturated carbocycles. The Morgan fingerprint density at radius 1 is 1.38 bits per heavy atom. The first-order valence-electron chi connectivity index (χ1n) is 6.12. The number of ether oxygens (including phenoxy) is 2. The zero-order chi connectivity index (χ0) is 11.6. The van der Waals surface area contributed by atoms with Gasteiger partial charge in [-0.3, -0.25) is 4.79 Å². The average molecular weight is 228 g/mol. The van der Waals surface area contributed by atoms with Crippen molar-refractivity contribution in [2.45, 2.75) is 51.2 Å². The van der Waals surface area contributed by atoms with Crippen molar-refractivity contribution in [1.29, 1.82) is 0 Å². The first-order valence-corrected chi connectivity index (χ1v) is 6.12. The van der Waals surface area contributed by atoms with Gasteiger partial charge in [0.25, 0.3) is 0 Å². The molecule has 4 nitrogen and oxygen atoms in total. The molecular weight excluding hydrogens is 208 g/mol. The van der Waals surface area contributed by atoms with Gasteiger partial charge in [0.2, 0.25) is 0 Å². The van der Waals surface area contributed by atoms with E-state index < -0.39 is 11.4 Å². The van der Waals surface area contributed by atoms with Gasteiger partial charge >= 0.3 is 5.97 Å². The number of hydrogen-bond donors (Lipinski definition) is 1. The van der Waals surface area contributed by atoms with Gasteiger partial charge in [-0.05, 0) is 39.0 Å². The van der Waals surface area contributed by atoms with Crippen molar-refractivity contribution in [3.63, 3.8) is 0 Å². The molecule has 3 atom stereocenters. The Bertz CT molecular complexity index is 260. The molecule has 4 heteroatoms. The second-order valence-electron chi connectivity index (χ2n) is 4.92. The highest BCUT2D eigenvalue weighted by atomic mass is 16.5. The lowest BCUT2D eigenvalue weighted by molar-refractivity contribution is -0.156. The second kappa shape index (κ2) is 4.72. The number of aliphatic carboxylic acids is 1. The predicted octanol–water partition coefficient (Wildman–Crippen LogP) is 1.83. The Morgan fingerprint density at radius 3 is 2.69 bits per heavy atom. The molecule has 2 aliphatic heterocycles. The summed E-state index contributed by atoms with van der Waals surface area (Å²) in [7, 11) is 0. The van der Waals surface area contributed by atoms with Crippen molar-refractivity contribution in [2.24, 2.45) is 5.41 Å². The maximum Gasteiger partial charge on any atom is 0.312 e. The van der Waals surface area contributed by atoms with E-state index >= 15 is 0 Å². The van der Waals surface area contributed by atoms with Gasteiger partial charge in [0.15, 0.2) is 0 Å². The van der Waals surface area contributed by atoms with Crippen molar-refractivity contribution in [2.75, 3.05) is 13.2 Å². The highest BCUT2D eigenvalue weighted by Crippen LogP contribution is 2.41. The zero-order valence-electron chi connectivity index (χ0n) is 9.78. The molecule has 0 aromatic heterocycles. The van der Waals surface area contributed by atoms with E-state index in [1.807, 2.05) is 6.92 Å². The molecule has 3 unspecified atom stereocenters. The van der Waals surface area contributed by atoms with E-state index in [0.717, 1.165) is 25.9 Å². The van der Waals surface area contributed by atoms with E-state index in [0.29, 0.717) is 19.4 Å². The molecule has 0 bridgehead atoms. The molecule has 2 aliphatic rings. The largest absolute Gasteiger partial charge is 0.481 e. The van der Waals surface area contributed by atoms with Crippen LogP contribution in [0, 0.1) is 5.41 Å². The first-order chi connectivity index (χ1) is 7.65. The molecule has 2 fully saturated rings. The third kappa shape index (κ3) is 2.09. The van der Waals surface area contributed by atoms with Crippen LogP contribution >= 0.6 is 0 Å². The highest BCUT2D eigenvalue weighted by molar-refractivity contribution is 5.75. The van der Waals surface area contributed by atoms with E-state index in [1.165, 1.54) is 0 Å². The molecule has 2 heterocycles. The quantitative estimate of drug-likeness (QED) is 0.800. The second-order valence-corrected chi connectivity index (χ2v) is 4.92. The standard InChI is InChI=1S/C12H20O4/c1-9-12(11(13)14,5-7-15-9)8-10-4-2-3-6-16-10/h9-10H,2-8H2,1H3,(H,13,14). The third-order valence-electron chi connectivity index (χ3n) is 3.99. The third-order valence-corrected chi connectivity index (χ3v) is 3.99. The fourth-order valence-corrected chi connectivity index (χ4v) is 2.79. The first kappa shape index (κ1) is 11.9. The topological polar surface area (TPSA) is 55.8 Å². The molecule has 0 aromatic rings. The number of carbonyl (C=O) groups is 1. The monoisotopic (exact) mass is 228 g/mol. The molecule has 92 valence electrons. The van der Waals surface area contributed by atoms with Crippen LogP contribution in [0.25, 0.3) is 0 Å². The van der Waals surface area contributed by atoms with Gasteiger partial charge in [-0.2, -0.15) is 0 Å². The van der Waals surface area contributed by atoms with Gasteiger partial charge in [-0.25, -0.2) is 0 Å². The summed E-state index contributed by atoms with van der Waals surface area (Å²) in [4.78, 5) is 11.5. The highest BCUT2D eigenvalue weighted by Gasteiger charge is 2.49. The average Bonchev–Trinajstić information content (AvgIpc) is 2.63. The minimum absolute atomic E-state index is 0.106. The van der Waals surface area contributed by atoms with E-state index in [4.69, 9.17) is 9.47 Å². The Kier molecular flexibility index (Phi) is 3.50. The predicted molar refractivity (Wildman–Crippen MR) is 58.3 cm³/mol. The van der Waals surface area contributed by atoms with Crippen LogP contribution in [-0.2, 0) is 14.3 Å². The fourth-order valence-electron chi connectivity index (χ4n) is 2.79. The maximum absolute atomic E-state index is 11.5. The minimum Gasteiger partial charge on any atom is -0.481 e. The van der Waals surface area contributed by atoms with Crippen molar-refractivity contribution in [1.82, 2.24) is 0 Å². The van der Waals surface area contributed by atoms with Crippen molar-refractivity contribution in [3.05, 3.63) is 0 Å². The van der Waals surface area contributed by atoms with Crippen molar-refractivity contribution < 1.29 is 19.4 Å². The fraction of sp³-hybridized carbons (Fsp3) is 0.917. The lowest BCUT2D eigenvalue weighted by Crippen LogP contribution is -2.41. The summed E-state index contributed by atoms with van der Waals surface area (Å²) in [6.45, 7) is 3.19. The SMILES string of the molecule is CC1OCCC1(CC1CCCCO1)C(=O)O. The zero-order valence-corrected chi connectivity index (χ0v) is 9.78. The van der Waals surface area contributed by atoms with E-state index in [2.05, 4.69) is 0 Å².